The van der Waals surface area contributed by atoms with Crippen LogP contribution < -0.4 is 19.7 Å². The Balaban J connectivity index is 1.02. The number of anilines is 1. The van der Waals surface area contributed by atoms with Crippen molar-refractivity contribution >= 4 is 65.8 Å². The molecule has 2 unspecified atom stereocenters. The minimum absolute atomic E-state index is 0.156. The lowest BCUT2D eigenvalue weighted by molar-refractivity contribution is 0.0980. The number of piperidine rings is 1. The summed E-state index contributed by atoms with van der Waals surface area (Å²) in [6.07, 6.45) is 5.00. The Kier molecular flexibility index (Phi) is 8.22. The number of hydrogen-bond acceptors (Lipinski definition) is 10. The molecule has 0 spiro atoms. The third kappa shape index (κ3) is 5.91. The number of nitrogens with zero attached hydrogens (tertiary/aromatic N) is 3. The molecule has 3 saturated carbocycles. The summed E-state index contributed by atoms with van der Waals surface area (Å²) < 4.78 is 39.8. The summed E-state index contributed by atoms with van der Waals surface area (Å²) in [6.45, 7) is 8.40. The van der Waals surface area contributed by atoms with Gasteiger partial charge in [0.05, 0.1) is 25.6 Å². The van der Waals surface area contributed by atoms with E-state index in [1.54, 1.807) is 19.1 Å². The number of carbonyl (C=O) groups is 1. The molecule has 2 atom stereocenters. The number of nitrogens with one attached hydrogen (secondary N) is 2. The molecular weight excluding hydrogens is 705 g/mol. The van der Waals surface area contributed by atoms with Crippen LogP contribution in [-0.2, 0) is 16.6 Å². The maximum atomic E-state index is 13.2. The standard InChI is InChI=1S/C35H39Cl2N5O5S2/c1-17(2)46-27-12-20(33(43)41-49(44,45)35(4)10-11-35)13-28-31(27)39-34(48-28)42-25-14-21(15-26(42)18(25)3)38-16-22-30(40-47-32(22)19-8-9-19)29-23(36)6-5-7-24(29)37/h5-7,12-13,17-19,21,25-26,38H,8-11,14-16H2,1-4H3,(H,41,43). The van der Waals surface area contributed by atoms with Crippen LogP contribution in [0.4, 0.5) is 5.13 Å². The van der Waals surface area contributed by atoms with E-state index in [0.29, 0.717) is 81.9 Å². The van der Waals surface area contributed by atoms with Gasteiger partial charge in [0, 0.05) is 47.3 Å². The number of thiazole rings is 1. The average Bonchev–Trinajstić information content (AvgIpc) is 3.96. The Morgan fingerprint density at radius 2 is 1.86 bits per heavy atom. The second-order valence-corrected chi connectivity index (χ2v) is 18.6. The third-order valence-corrected chi connectivity index (χ3v) is 14.4. The van der Waals surface area contributed by atoms with Crippen molar-refractivity contribution in [3.05, 3.63) is 57.3 Å². The maximum absolute atomic E-state index is 13.2. The number of rotatable bonds is 11. The van der Waals surface area contributed by atoms with E-state index >= 15 is 0 Å². The monoisotopic (exact) mass is 743 g/mol. The number of carbonyl (C=O) groups excluding carboxylic acids is 1. The molecule has 2 aliphatic heterocycles. The van der Waals surface area contributed by atoms with Crippen molar-refractivity contribution in [2.45, 2.75) is 108 Å². The van der Waals surface area contributed by atoms with Crippen molar-refractivity contribution in [3.63, 3.8) is 0 Å². The summed E-state index contributed by atoms with van der Waals surface area (Å²) in [5, 5.41) is 10.3. The summed E-state index contributed by atoms with van der Waals surface area (Å²) in [7, 11) is -3.78. The van der Waals surface area contributed by atoms with Gasteiger partial charge >= 0.3 is 0 Å². The molecule has 5 fully saturated rings. The number of benzene rings is 2. The largest absolute Gasteiger partial charge is 0.489 e. The Morgan fingerprint density at radius 1 is 1.16 bits per heavy atom. The minimum atomic E-state index is -3.78. The predicted molar refractivity (Wildman–Crippen MR) is 192 cm³/mol. The number of aromatic nitrogens is 2. The van der Waals surface area contributed by atoms with Crippen LogP contribution in [0.1, 0.15) is 93.8 Å². The lowest BCUT2D eigenvalue weighted by atomic mass is 9.69. The van der Waals surface area contributed by atoms with Crippen LogP contribution in [0.5, 0.6) is 5.75 Å². The highest BCUT2D eigenvalue weighted by Crippen LogP contribution is 2.50. The van der Waals surface area contributed by atoms with Crippen molar-refractivity contribution in [2.24, 2.45) is 5.92 Å². The van der Waals surface area contributed by atoms with Crippen LogP contribution in [0.25, 0.3) is 21.5 Å². The van der Waals surface area contributed by atoms with Gasteiger partial charge in [-0.3, -0.25) is 4.79 Å². The SMILES string of the molecule is CC(C)Oc1cc(C(=O)NS(=O)(=O)C2(C)CC2)cc2sc(N3C4CC(NCc5c(-c6c(Cl)cccc6Cl)noc5C5CC5)CC3C4C)nc12. The van der Waals surface area contributed by atoms with E-state index in [0.717, 1.165) is 46.8 Å². The van der Waals surface area contributed by atoms with Crippen molar-refractivity contribution in [3.8, 4) is 17.0 Å². The molecule has 3 aliphatic carbocycles. The third-order valence-electron chi connectivity index (χ3n) is 10.6. The molecule has 1 amide bonds. The zero-order valence-corrected chi connectivity index (χ0v) is 30.9. The Bertz CT molecular complexity index is 2040. The van der Waals surface area contributed by atoms with Crippen molar-refractivity contribution in [2.75, 3.05) is 4.90 Å². The fourth-order valence-corrected chi connectivity index (χ4v) is 10.3. The summed E-state index contributed by atoms with van der Waals surface area (Å²) >= 11 is 14.7. The van der Waals surface area contributed by atoms with E-state index in [2.05, 4.69) is 27.0 Å². The first-order valence-electron chi connectivity index (χ1n) is 17.0. The second kappa shape index (κ2) is 12.1. The molecule has 4 aromatic rings. The van der Waals surface area contributed by atoms with E-state index in [4.69, 9.17) is 37.4 Å². The van der Waals surface area contributed by atoms with Gasteiger partial charge in [0.15, 0.2) is 5.13 Å². The molecule has 9 rings (SSSR count). The molecule has 2 aromatic carbocycles. The first-order valence-corrected chi connectivity index (χ1v) is 20.0. The predicted octanol–water partition coefficient (Wildman–Crippen LogP) is 7.68. The highest BCUT2D eigenvalue weighted by Gasteiger charge is 2.53. The van der Waals surface area contributed by atoms with Crippen LogP contribution in [-0.4, -0.2) is 53.4 Å². The van der Waals surface area contributed by atoms with Crippen LogP contribution in [0.15, 0.2) is 34.9 Å². The topological polar surface area (TPSA) is 127 Å². The molecule has 4 heterocycles. The van der Waals surface area contributed by atoms with Crippen molar-refractivity contribution < 1.29 is 22.5 Å². The number of sulfonamides is 1. The summed E-state index contributed by atoms with van der Waals surface area (Å²) in [5.41, 5.74) is 3.37. The molecule has 10 nitrogen and oxygen atoms in total. The van der Waals surface area contributed by atoms with Gasteiger partial charge in [-0.25, -0.2) is 18.1 Å². The summed E-state index contributed by atoms with van der Waals surface area (Å²) in [5.74, 6) is 1.64. The Hall–Kier alpha value is -2.90. The number of halogens is 2. The van der Waals surface area contributed by atoms with Gasteiger partial charge in [-0.05, 0) is 89.5 Å². The molecular formula is C35H39Cl2N5O5S2. The van der Waals surface area contributed by atoms with Crippen LogP contribution >= 0.6 is 34.5 Å². The number of hydrogen-bond donors (Lipinski definition) is 2. The molecule has 2 aromatic heterocycles. The highest BCUT2D eigenvalue weighted by molar-refractivity contribution is 7.91. The van der Waals surface area contributed by atoms with Gasteiger partial charge in [0.1, 0.15) is 22.7 Å². The quantitative estimate of drug-likeness (QED) is 0.159. The molecule has 2 N–H and O–H groups in total. The molecule has 14 heteroatoms. The molecule has 260 valence electrons. The minimum Gasteiger partial charge on any atom is -0.489 e. The molecule has 2 saturated heterocycles. The van der Waals surface area contributed by atoms with Crippen LogP contribution in [0, 0.1) is 5.92 Å². The van der Waals surface area contributed by atoms with E-state index in [9.17, 15) is 13.2 Å². The molecule has 0 radical (unpaired) electrons. The van der Waals surface area contributed by atoms with E-state index in [1.807, 2.05) is 32.0 Å². The van der Waals surface area contributed by atoms with Crippen molar-refractivity contribution in [1.82, 2.24) is 20.2 Å². The fourth-order valence-electron chi connectivity index (χ4n) is 7.34. The fraction of sp³-hybridized carbons (Fsp3) is 0.514. The van der Waals surface area contributed by atoms with E-state index in [-0.39, 0.29) is 11.7 Å². The number of fused-ring (bicyclic) bond motifs is 3. The van der Waals surface area contributed by atoms with Crippen LogP contribution in [0.2, 0.25) is 10.0 Å². The average molecular weight is 745 g/mol. The maximum Gasteiger partial charge on any atom is 0.264 e. The Morgan fingerprint density at radius 3 is 2.49 bits per heavy atom. The van der Waals surface area contributed by atoms with Crippen LogP contribution in [0.3, 0.4) is 0 Å². The summed E-state index contributed by atoms with van der Waals surface area (Å²) in [4.78, 5) is 20.7. The zero-order chi connectivity index (χ0) is 34.4. The van der Waals surface area contributed by atoms with Crippen molar-refractivity contribution in [1.29, 1.82) is 0 Å². The molecule has 5 aliphatic rings. The number of ether oxygens (including phenoxy) is 1. The first-order chi connectivity index (χ1) is 23.3. The smallest absolute Gasteiger partial charge is 0.264 e. The highest BCUT2D eigenvalue weighted by atomic mass is 35.5. The number of amides is 1. The normalized spacial score (nSPS) is 24.3. The van der Waals surface area contributed by atoms with Gasteiger partial charge in [-0.15, -0.1) is 0 Å². The summed E-state index contributed by atoms with van der Waals surface area (Å²) in [6, 6.07) is 9.69. The van der Waals surface area contributed by atoms with Gasteiger partial charge < -0.3 is 19.5 Å². The van der Waals surface area contributed by atoms with Gasteiger partial charge in [0.25, 0.3) is 5.91 Å². The molecule has 49 heavy (non-hydrogen) atoms. The zero-order valence-electron chi connectivity index (χ0n) is 27.8. The Labute approximate surface area is 299 Å². The van der Waals surface area contributed by atoms with Gasteiger partial charge in [-0.2, -0.15) is 0 Å². The lowest BCUT2D eigenvalue weighted by Crippen LogP contribution is -2.70. The first kappa shape index (κ1) is 33.3. The van der Waals surface area contributed by atoms with E-state index < -0.39 is 20.7 Å². The second-order valence-electron chi connectivity index (χ2n) is 14.6. The van der Waals surface area contributed by atoms with E-state index in [1.165, 1.54) is 11.3 Å². The van der Waals surface area contributed by atoms with Gasteiger partial charge in [0.2, 0.25) is 10.0 Å². The lowest BCUT2D eigenvalue weighted by Gasteiger charge is -2.60. The molecule has 2 bridgehead atoms. The van der Waals surface area contributed by atoms with Gasteiger partial charge in [-0.1, -0.05) is 52.7 Å².